The molecule has 11 nitrogen and oxygen atoms in total. The second kappa shape index (κ2) is 7.00. The second-order valence-corrected chi connectivity index (χ2v) is 6.29. The largest absolute Gasteiger partial charge is 0.368 e. The Morgan fingerprint density at radius 3 is 2.54 bits per heavy atom. The molecule has 0 aliphatic heterocycles. The minimum Gasteiger partial charge on any atom is -0.368 e. The maximum absolute atomic E-state index is 12.4. The summed E-state index contributed by atoms with van der Waals surface area (Å²) in [5, 5.41) is 10.1. The van der Waals surface area contributed by atoms with Crippen molar-refractivity contribution in [1.82, 2.24) is 28.5 Å². The molecule has 0 radical (unpaired) electrons. The first kappa shape index (κ1) is 17.5. The highest BCUT2D eigenvalue weighted by Gasteiger charge is 2.12. The third kappa shape index (κ3) is 3.35. The minimum atomic E-state index is -0.696. The van der Waals surface area contributed by atoms with Gasteiger partial charge in [0.15, 0.2) is 0 Å². The van der Waals surface area contributed by atoms with E-state index >= 15 is 0 Å². The normalized spacial score (nSPS) is 10.9. The van der Waals surface area contributed by atoms with Crippen molar-refractivity contribution in [2.45, 2.75) is 6.54 Å². The number of hydrogen-bond acceptors (Lipinski definition) is 8. The minimum absolute atomic E-state index is 0.299. The van der Waals surface area contributed by atoms with Gasteiger partial charge in [-0.3, -0.25) is 9.59 Å². The van der Waals surface area contributed by atoms with E-state index in [2.05, 4.69) is 24.5 Å². The Labute approximate surface area is 160 Å². The zero-order chi connectivity index (χ0) is 19.7. The lowest BCUT2D eigenvalue weighted by Crippen LogP contribution is -2.30. The van der Waals surface area contributed by atoms with Crippen LogP contribution in [0.4, 0.5) is 5.69 Å². The summed E-state index contributed by atoms with van der Waals surface area (Å²) in [6.45, 7) is -0.355. The molecule has 2 aromatic heterocycles. The van der Waals surface area contributed by atoms with Crippen molar-refractivity contribution in [3.8, 4) is 5.69 Å². The average Bonchev–Trinajstić information content (AvgIpc) is 3.28. The van der Waals surface area contributed by atoms with E-state index in [9.17, 15) is 14.4 Å². The smallest absolute Gasteiger partial charge is 0.368 e. The lowest BCUT2D eigenvalue weighted by Gasteiger charge is -2.06. The summed E-state index contributed by atoms with van der Waals surface area (Å²) in [7, 11) is 0. The summed E-state index contributed by atoms with van der Waals surface area (Å²) in [5.41, 5.74) is 7.26. The number of hydrogen-bond donors (Lipinski definition) is 2. The molecule has 4 aromatic rings. The fourth-order valence-electron chi connectivity index (χ4n) is 2.50. The lowest BCUT2D eigenvalue weighted by molar-refractivity contribution is -0.118. The van der Waals surface area contributed by atoms with E-state index in [1.165, 1.54) is 0 Å². The maximum Gasteiger partial charge on any atom is 0.368 e. The molecule has 140 valence electrons. The molecule has 0 fully saturated rings. The van der Waals surface area contributed by atoms with Gasteiger partial charge in [0, 0.05) is 11.3 Å². The van der Waals surface area contributed by atoms with Crippen LogP contribution in [0.15, 0.2) is 47.3 Å². The van der Waals surface area contributed by atoms with E-state index in [4.69, 9.17) is 5.73 Å². The van der Waals surface area contributed by atoms with Crippen LogP contribution in [0.1, 0.15) is 10.4 Å². The fourth-order valence-corrected chi connectivity index (χ4v) is 3.01. The van der Waals surface area contributed by atoms with Crippen LogP contribution in [0, 0.1) is 0 Å². The van der Waals surface area contributed by atoms with Gasteiger partial charge >= 0.3 is 5.69 Å². The van der Waals surface area contributed by atoms with Crippen LogP contribution in [0.3, 0.4) is 0 Å². The van der Waals surface area contributed by atoms with Crippen molar-refractivity contribution in [2.75, 3.05) is 5.32 Å². The van der Waals surface area contributed by atoms with Crippen molar-refractivity contribution in [3.05, 3.63) is 58.5 Å². The van der Waals surface area contributed by atoms with Gasteiger partial charge in [0.1, 0.15) is 17.6 Å². The molecule has 2 heterocycles. The SMILES string of the molecule is NC(=O)Cn1nnn(-c2ccc(NC(=O)c3ccc4nsnc4c3)cc2)c1=O. The van der Waals surface area contributed by atoms with Gasteiger partial charge in [0.2, 0.25) is 5.91 Å². The van der Waals surface area contributed by atoms with Crippen molar-refractivity contribution >= 4 is 40.3 Å². The number of amides is 2. The number of carbonyl (C=O) groups excluding carboxylic acids is 2. The van der Waals surface area contributed by atoms with Crippen LogP contribution < -0.4 is 16.7 Å². The van der Waals surface area contributed by atoms with Gasteiger partial charge in [-0.05, 0) is 52.9 Å². The molecule has 28 heavy (non-hydrogen) atoms. The summed E-state index contributed by atoms with van der Waals surface area (Å²) < 4.78 is 10.1. The molecule has 4 rings (SSSR count). The molecule has 0 aliphatic rings. The molecule has 0 saturated heterocycles. The predicted molar refractivity (Wildman–Crippen MR) is 100 cm³/mol. The standard InChI is InChI=1S/C16H12N8O3S/c17-14(25)8-23-16(27)24(22-21-23)11-4-2-10(3-5-11)18-15(26)9-1-6-12-13(7-9)20-28-19-12/h1-7H,8H2,(H2,17,25)(H,18,26). The van der Waals surface area contributed by atoms with Gasteiger partial charge in [-0.2, -0.15) is 18.1 Å². The predicted octanol–water partition coefficient (Wildman–Crippen LogP) is 0.171. The maximum atomic E-state index is 12.4. The van der Waals surface area contributed by atoms with E-state index in [1.807, 2.05) is 0 Å². The van der Waals surface area contributed by atoms with E-state index in [0.29, 0.717) is 22.5 Å². The third-order valence-electron chi connectivity index (χ3n) is 3.83. The zero-order valence-electron chi connectivity index (χ0n) is 14.1. The number of nitrogens with one attached hydrogen (secondary N) is 1. The first-order valence-corrected chi connectivity index (χ1v) is 8.69. The molecule has 12 heteroatoms. The van der Waals surface area contributed by atoms with Crippen LogP contribution in [0.2, 0.25) is 0 Å². The second-order valence-electron chi connectivity index (χ2n) is 5.77. The number of benzene rings is 2. The van der Waals surface area contributed by atoms with Gasteiger partial charge < -0.3 is 11.1 Å². The summed E-state index contributed by atoms with van der Waals surface area (Å²) in [4.78, 5) is 35.5. The van der Waals surface area contributed by atoms with Gasteiger partial charge in [-0.1, -0.05) is 0 Å². The van der Waals surface area contributed by atoms with Crippen LogP contribution >= 0.6 is 11.7 Å². The molecular weight excluding hydrogens is 384 g/mol. The Bertz CT molecular complexity index is 1240. The van der Waals surface area contributed by atoms with Gasteiger partial charge in [-0.25, -0.2) is 4.79 Å². The number of nitrogens with two attached hydrogens (primary N) is 1. The third-order valence-corrected chi connectivity index (χ3v) is 4.39. The van der Waals surface area contributed by atoms with Gasteiger partial charge in [-0.15, -0.1) is 0 Å². The highest BCUT2D eigenvalue weighted by molar-refractivity contribution is 7.00. The first-order valence-electron chi connectivity index (χ1n) is 7.96. The van der Waals surface area contributed by atoms with Crippen LogP contribution in [0.25, 0.3) is 16.7 Å². The quantitative estimate of drug-likeness (QED) is 0.488. The summed E-state index contributed by atoms with van der Waals surface area (Å²) in [6.07, 6.45) is 0. The number of aromatic nitrogens is 6. The van der Waals surface area contributed by atoms with Crippen molar-refractivity contribution in [1.29, 1.82) is 0 Å². The summed E-state index contributed by atoms with van der Waals surface area (Å²) in [5.74, 6) is -0.994. The summed E-state index contributed by atoms with van der Waals surface area (Å²) >= 11 is 1.08. The van der Waals surface area contributed by atoms with Crippen molar-refractivity contribution in [2.24, 2.45) is 5.73 Å². The number of rotatable bonds is 5. The topological polar surface area (TPSA) is 151 Å². The van der Waals surface area contributed by atoms with Crippen LogP contribution in [-0.4, -0.2) is 40.4 Å². The highest BCUT2D eigenvalue weighted by atomic mass is 32.1. The van der Waals surface area contributed by atoms with Gasteiger partial charge in [0.05, 0.1) is 17.4 Å². The Morgan fingerprint density at radius 2 is 1.79 bits per heavy atom. The monoisotopic (exact) mass is 396 g/mol. The number of nitrogens with zero attached hydrogens (tertiary/aromatic N) is 6. The highest BCUT2D eigenvalue weighted by Crippen LogP contribution is 2.16. The molecule has 0 bridgehead atoms. The first-order chi connectivity index (χ1) is 13.5. The van der Waals surface area contributed by atoms with Gasteiger partial charge in [0.25, 0.3) is 5.91 Å². The van der Waals surface area contributed by atoms with Crippen LogP contribution in [-0.2, 0) is 11.3 Å². The molecule has 0 unspecified atom stereocenters. The van der Waals surface area contributed by atoms with Crippen molar-refractivity contribution in [3.63, 3.8) is 0 Å². The molecule has 0 saturated carbocycles. The van der Waals surface area contributed by atoms with E-state index < -0.39 is 11.6 Å². The molecule has 2 amide bonds. The van der Waals surface area contributed by atoms with E-state index in [-0.39, 0.29) is 12.5 Å². The van der Waals surface area contributed by atoms with Crippen LogP contribution in [0.5, 0.6) is 0 Å². The molecule has 0 atom stereocenters. The number of carbonyl (C=O) groups is 2. The zero-order valence-corrected chi connectivity index (χ0v) is 15.0. The van der Waals surface area contributed by atoms with E-state index in [0.717, 1.165) is 26.6 Å². The van der Waals surface area contributed by atoms with Crippen molar-refractivity contribution < 1.29 is 9.59 Å². The fraction of sp³-hybridized carbons (Fsp3) is 0.0625. The average molecular weight is 396 g/mol. The Morgan fingerprint density at radius 1 is 1.04 bits per heavy atom. The Hall–Kier alpha value is -3.93. The molecular formula is C16H12N8O3S. The molecule has 0 spiro atoms. The summed E-state index contributed by atoms with van der Waals surface area (Å²) in [6, 6.07) is 11.5. The number of fused-ring (bicyclic) bond motifs is 1. The molecule has 0 aliphatic carbocycles. The lowest BCUT2D eigenvalue weighted by atomic mass is 10.2. The molecule has 2 aromatic carbocycles. The Kier molecular flexibility index (Phi) is 4.37. The molecule has 3 N–H and O–H groups in total. The number of primary amides is 1. The number of anilines is 1. The number of tetrazole rings is 1. The van der Waals surface area contributed by atoms with E-state index in [1.54, 1.807) is 42.5 Å². The Balaban J connectivity index is 1.51.